The summed E-state index contributed by atoms with van der Waals surface area (Å²) in [5.74, 6) is 3.07. The van der Waals surface area contributed by atoms with Crippen LogP contribution in [0.5, 0.6) is 0 Å². The Kier molecular flexibility index (Phi) is 6.36. The third-order valence-corrected chi connectivity index (χ3v) is 8.47. The molecule has 1 aromatic rings. The van der Waals surface area contributed by atoms with Gasteiger partial charge in [-0.1, -0.05) is 24.3 Å². The summed E-state index contributed by atoms with van der Waals surface area (Å²) in [4.78, 5) is 6.62. The Balaban J connectivity index is 1.24. The summed E-state index contributed by atoms with van der Waals surface area (Å²) in [6, 6.07) is 8.81. The normalized spacial score (nSPS) is 26.6. The Morgan fingerprint density at radius 2 is 1.97 bits per heavy atom. The number of guanidine groups is 1. The molecular weight excluding hydrogens is 400 g/mol. The highest BCUT2D eigenvalue weighted by Gasteiger charge is 2.55. The second-order valence-corrected chi connectivity index (χ2v) is 10.9. The van der Waals surface area contributed by atoms with Gasteiger partial charge in [-0.15, -0.1) is 0 Å². The van der Waals surface area contributed by atoms with E-state index in [4.69, 9.17) is 4.74 Å². The van der Waals surface area contributed by atoms with E-state index in [2.05, 4.69) is 39.5 Å². The van der Waals surface area contributed by atoms with Crippen LogP contribution in [0.25, 0.3) is 0 Å². The van der Waals surface area contributed by atoms with Crippen LogP contribution < -0.4 is 5.32 Å². The standard InChI is InChI=1S/C22H34N4O3S/c1-16(2)29-12-13-30(27,28)26-10-8-25(9-11-26)22(23-3)24-15-20-19-14-17-6-4-5-7-18(17)21(19)20/h4-7,16,19-21H,8-15H2,1-3H3,(H,23,24). The molecule has 7 nitrogen and oxygen atoms in total. The first-order valence-corrected chi connectivity index (χ1v) is 12.6. The second-order valence-electron chi connectivity index (χ2n) is 8.81. The third kappa shape index (κ3) is 4.50. The number of benzene rings is 1. The van der Waals surface area contributed by atoms with Gasteiger partial charge in [0.1, 0.15) is 0 Å². The summed E-state index contributed by atoms with van der Waals surface area (Å²) in [6.45, 7) is 7.31. The summed E-state index contributed by atoms with van der Waals surface area (Å²) in [5, 5.41) is 3.55. The molecule has 1 N–H and O–H groups in total. The molecule has 3 unspecified atom stereocenters. The van der Waals surface area contributed by atoms with Crippen LogP contribution in [-0.4, -0.2) is 81.8 Å². The maximum Gasteiger partial charge on any atom is 0.216 e. The van der Waals surface area contributed by atoms with E-state index in [0.29, 0.717) is 38.0 Å². The molecule has 1 aromatic carbocycles. The van der Waals surface area contributed by atoms with Crippen molar-refractivity contribution in [3.8, 4) is 0 Å². The van der Waals surface area contributed by atoms with Crippen LogP contribution in [0.3, 0.4) is 0 Å². The van der Waals surface area contributed by atoms with Crippen LogP contribution in [0.1, 0.15) is 30.9 Å². The third-order valence-electron chi connectivity index (χ3n) is 6.63. The molecule has 1 saturated carbocycles. The average Bonchev–Trinajstić information content (AvgIpc) is 3.25. The van der Waals surface area contributed by atoms with E-state index in [1.165, 1.54) is 17.5 Å². The molecule has 2 aliphatic carbocycles. The summed E-state index contributed by atoms with van der Waals surface area (Å²) in [6.07, 6.45) is 1.24. The van der Waals surface area contributed by atoms with Crippen LogP contribution in [0, 0.1) is 11.8 Å². The maximum absolute atomic E-state index is 12.5. The lowest BCUT2D eigenvalue weighted by Gasteiger charge is -2.36. The molecule has 3 aliphatic rings. The van der Waals surface area contributed by atoms with Gasteiger partial charge in [0.15, 0.2) is 5.96 Å². The van der Waals surface area contributed by atoms with Crippen molar-refractivity contribution in [2.45, 2.75) is 32.3 Å². The van der Waals surface area contributed by atoms with E-state index in [-0.39, 0.29) is 18.5 Å². The summed E-state index contributed by atoms with van der Waals surface area (Å²) >= 11 is 0. The van der Waals surface area contributed by atoms with Gasteiger partial charge in [-0.25, -0.2) is 8.42 Å². The van der Waals surface area contributed by atoms with Crippen LogP contribution in [-0.2, 0) is 21.2 Å². The van der Waals surface area contributed by atoms with Crippen LogP contribution >= 0.6 is 0 Å². The lowest BCUT2D eigenvalue weighted by molar-refractivity contribution is 0.0904. The lowest BCUT2D eigenvalue weighted by atomic mass is 10.0. The molecule has 1 saturated heterocycles. The fourth-order valence-electron chi connectivity index (χ4n) is 5.00. The van der Waals surface area contributed by atoms with Crippen molar-refractivity contribution in [1.29, 1.82) is 0 Å². The van der Waals surface area contributed by atoms with E-state index < -0.39 is 10.0 Å². The van der Waals surface area contributed by atoms with Crippen molar-refractivity contribution in [3.05, 3.63) is 35.4 Å². The van der Waals surface area contributed by atoms with Crippen molar-refractivity contribution in [3.63, 3.8) is 0 Å². The SMILES string of the molecule is CN=C(NCC1C2Cc3ccccc3C12)N1CCN(S(=O)(=O)CCOC(C)C)CC1. The molecule has 0 radical (unpaired) electrons. The minimum absolute atomic E-state index is 0.0457. The molecule has 30 heavy (non-hydrogen) atoms. The van der Waals surface area contributed by atoms with Crippen LogP contribution in [0.2, 0.25) is 0 Å². The first-order chi connectivity index (χ1) is 14.4. The van der Waals surface area contributed by atoms with Crippen LogP contribution in [0.15, 0.2) is 29.3 Å². The topological polar surface area (TPSA) is 74.2 Å². The molecule has 0 amide bonds. The van der Waals surface area contributed by atoms with Gasteiger partial charge in [0, 0.05) is 39.8 Å². The Bertz CT molecular complexity index is 878. The number of aliphatic imine (C=N–C) groups is 1. The average molecular weight is 435 g/mol. The number of nitrogens with one attached hydrogen (secondary N) is 1. The van der Waals surface area contributed by atoms with E-state index in [1.54, 1.807) is 11.4 Å². The molecule has 8 heteroatoms. The number of hydrogen-bond acceptors (Lipinski definition) is 4. The molecule has 3 atom stereocenters. The van der Waals surface area contributed by atoms with Crippen LogP contribution in [0.4, 0.5) is 0 Å². The summed E-state index contributed by atoms with van der Waals surface area (Å²) in [5.41, 5.74) is 3.05. The molecule has 0 spiro atoms. The molecule has 1 aliphatic heterocycles. The number of fused-ring (bicyclic) bond motifs is 3. The van der Waals surface area contributed by atoms with Gasteiger partial charge < -0.3 is 15.0 Å². The predicted octanol–water partition coefficient (Wildman–Crippen LogP) is 1.52. The van der Waals surface area contributed by atoms with Crippen molar-refractivity contribution in [2.75, 3.05) is 52.1 Å². The highest BCUT2D eigenvalue weighted by atomic mass is 32.2. The second kappa shape index (κ2) is 8.85. The molecule has 2 fully saturated rings. The van der Waals surface area contributed by atoms with Gasteiger partial charge in [-0.2, -0.15) is 4.31 Å². The van der Waals surface area contributed by atoms with Crippen molar-refractivity contribution < 1.29 is 13.2 Å². The minimum Gasteiger partial charge on any atom is -0.378 e. The molecule has 166 valence electrons. The quantitative estimate of drug-likeness (QED) is 0.520. The highest BCUT2D eigenvalue weighted by Crippen LogP contribution is 2.60. The monoisotopic (exact) mass is 434 g/mol. The van der Waals surface area contributed by atoms with E-state index in [1.807, 2.05) is 13.8 Å². The number of nitrogens with zero attached hydrogens (tertiary/aromatic N) is 3. The van der Waals surface area contributed by atoms with Gasteiger partial charge in [-0.3, -0.25) is 4.99 Å². The maximum atomic E-state index is 12.5. The Morgan fingerprint density at radius 3 is 2.67 bits per heavy atom. The first kappa shape index (κ1) is 21.6. The van der Waals surface area contributed by atoms with Crippen molar-refractivity contribution in [2.24, 2.45) is 16.8 Å². The van der Waals surface area contributed by atoms with E-state index in [0.717, 1.165) is 18.4 Å². The zero-order valence-electron chi connectivity index (χ0n) is 18.3. The van der Waals surface area contributed by atoms with Crippen molar-refractivity contribution >= 4 is 16.0 Å². The Labute approximate surface area is 180 Å². The summed E-state index contributed by atoms with van der Waals surface area (Å²) in [7, 11) is -1.46. The van der Waals surface area contributed by atoms with Gasteiger partial charge in [-0.05, 0) is 49.1 Å². The van der Waals surface area contributed by atoms with Gasteiger partial charge in [0.05, 0.1) is 18.5 Å². The largest absolute Gasteiger partial charge is 0.378 e. The smallest absolute Gasteiger partial charge is 0.216 e. The fraction of sp³-hybridized carbons (Fsp3) is 0.682. The molecule has 0 aromatic heterocycles. The molecule has 0 bridgehead atoms. The Hall–Kier alpha value is -1.64. The summed E-state index contributed by atoms with van der Waals surface area (Å²) < 4.78 is 32.1. The van der Waals surface area contributed by atoms with E-state index >= 15 is 0 Å². The lowest BCUT2D eigenvalue weighted by Crippen LogP contribution is -2.54. The molecular formula is C22H34N4O3S. The Morgan fingerprint density at radius 1 is 1.23 bits per heavy atom. The number of hydrogen-bond donors (Lipinski definition) is 1. The number of rotatable bonds is 7. The number of piperazine rings is 1. The fourth-order valence-corrected chi connectivity index (χ4v) is 6.28. The minimum atomic E-state index is -3.27. The van der Waals surface area contributed by atoms with Gasteiger partial charge >= 0.3 is 0 Å². The predicted molar refractivity (Wildman–Crippen MR) is 119 cm³/mol. The molecule has 4 rings (SSSR count). The highest BCUT2D eigenvalue weighted by molar-refractivity contribution is 7.89. The number of ether oxygens (including phenoxy) is 1. The van der Waals surface area contributed by atoms with E-state index in [9.17, 15) is 8.42 Å². The van der Waals surface area contributed by atoms with Gasteiger partial charge in [0.2, 0.25) is 10.0 Å². The molecule has 1 heterocycles. The van der Waals surface area contributed by atoms with Crippen molar-refractivity contribution in [1.82, 2.24) is 14.5 Å². The first-order valence-electron chi connectivity index (χ1n) is 11.0. The number of sulfonamides is 1. The van der Waals surface area contributed by atoms with Gasteiger partial charge in [0.25, 0.3) is 0 Å². The zero-order chi connectivity index (χ0) is 21.3. The zero-order valence-corrected chi connectivity index (χ0v) is 19.1.